The molecule has 3 amide bonds. The fourth-order valence-corrected chi connectivity index (χ4v) is 4.80. The van der Waals surface area contributed by atoms with Gasteiger partial charge in [0.25, 0.3) is 11.8 Å². The highest BCUT2D eigenvalue weighted by Crippen LogP contribution is 2.36. The molecule has 3 aromatic carbocycles. The van der Waals surface area contributed by atoms with E-state index in [9.17, 15) is 14.4 Å². The molecule has 184 valence electrons. The molecule has 0 aromatic heterocycles. The van der Waals surface area contributed by atoms with Gasteiger partial charge in [0, 0.05) is 29.2 Å². The molecule has 0 aliphatic carbocycles. The van der Waals surface area contributed by atoms with Crippen LogP contribution in [-0.2, 0) is 4.79 Å². The minimum absolute atomic E-state index is 0.103. The van der Waals surface area contributed by atoms with Crippen LogP contribution in [0.15, 0.2) is 60.7 Å². The van der Waals surface area contributed by atoms with Crippen molar-refractivity contribution in [3.63, 3.8) is 0 Å². The smallest absolute Gasteiger partial charge is 0.256 e. The van der Waals surface area contributed by atoms with E-state index in [4.69, 9.17) is 21.1 Å². The fraction of sp³-hybridized carbons (Fsp3) is 0.222. The maximum atomic E-state index is 13.6. The first-order valence-corrected chi connectivity index (χ1v) is 11.8. The van der Waals surface area contributed by atoms with Crippen molar-refractivity contribution in [2.24, 2.45) is 0 Å². The van der Waals surface area contributed by atoms with Crippen LogP contribution in [0.1, 0.15) is 20.7 Å². The number of carbonyl (C=O) groups excluding carboxylic acids is 3. The fourth-order valence-electron chi connectivity index (χ4n) is 4.63. The molecule has 3 aromatic rings. The molecule has 1 N–H and O–H groups in total. The Labute approximate surface area is 213 Å². The van der Waals surface area contributed by atoms with Crippen molar-refractivity contribution in [1.82, 2.24) is 9.80 Å². The van der Waals surface area contributed by atoms with Gasteiger partial charge in [-0.15, -0.1) is 0 Å². The summed E-state index contributed by atoms with van der Waals surface area (Å²) < 4.78 is 10.6. The highest BCUT2D eigenvalue weighted by Gasteiger charge is 2.40. The molecule has 1 unspecified atom stereocenters. The van der Waals surface area contributed by atoms with Gasteiger partial charge >= 0.3 is 0 Å². The SMILES string of the molecule is COc1ccc(C(=O)N2CCN3C(=O)c4cc(-c5cc(Cl)ccc5OC)ccc4NC(=O)C3C2)cc1. The predicted molar refractivity (Wildman–Crippen MR) is 136 cm³/mol. The molecule has 0 spiro atoms. The monoisotopic (exact) mass is 505 g/mol. The summed E-state index contributed by atoms with van der Waals surface area (Å²) in [4.78, 5) is 43.0. The van der Waals surface area contributed by atoms with Crippen molar-refractivity contribution >= 4 is 35.0 Å². The van der Waals surface area contributed by atoms with Crippen molar-refractivity contribution in [2.75, 3.05) is 39.2 Å². The van der Waals surface area contributed by atoms with Gasteiger partial charge in [-0.2, -0.15) is 0 Å². The highest BCUT2D eigenvalue weighted by molar-refractivity contribution is 6.31. The van der Waals surface area contributed by atoms with Crippen LogP contribution >= 0.6 is 11.6 Å². The molecule has 9 heteroatoms. The van der Waals surface area contributed by atoms with Crippen LogP contribution in [0.5, 0.6) is 11.5 Å². The summed E-state index contributed by atoms with van der Waals surface area (Å²) >= 11 is 6.20. The summed E-state index contributed by atoms with van der Waals surface area (Å²) in [7, 11) is 3.13. The second kappa shape index (κ2) is 9.54. The average Bonchev–Trinajstić information content (AvgIpc) is 3.01. The molecule has 1 saturated heterocycles. The van der Waals surface area contributed by atoms with Crippen LogP contribution in [0.3, 0.4) is 0 Å². The van der Waals surface area contributed by atoms with Gasteiger partial charge in [-0.05, 0) is 60.2 Å². The largest absolute Gasteiger partial charge is 0.497 e. The number of methoxy groups -OCH3 is 2. The summed E-state index contributed by atoms with van der Waals surface area (Å²) in [5, 5.41) is 3.41. The van der Waals surface area contributed by atoms with E-state index in [1.165, 1.54) is 4.90 Å². The molecule has 8 nitrogen and oxygen atoms in total. The summed E-state index contributed by atoms with van der Waals surface area (Å²) in [5.41, 5.74) is 2.77. The Kier molecular flexibility index (Phi) is 6.28. The number of rotatable bonds is 4. The lowest BCUT2D eigenvalue weighted by molar-refractivity contribution is -0.121. The Bertz CT molecular complexity index is 1360. The Hall–Kier alpha value is -4.04. The van der Waals surface area contributed by atoms with Gasteiger partial charge in [0.15, 0.2) is 0 Å². The Morgan fingerprint density at radius 1 is 0.944 bits per heavy atom. The number of halogens is 1. The molecule has 0 bridgehead atoms. The maximum Gasteiger partial charge on any atom is 0.256 e. The summed E-state index contributed by atoms with van der Waals surface area (Å²) in [6, 6.07) is 16.5. The van der Waals surface area contributed by atoms with Crippen LogP contribution in [-0.4, -0.2) is 67.4 Å². The molecule has 36 heavy (non-hydrogen) atoms. The second-order valence-electron chi connectivity index (χ2n) is 8.59. The van der Waals surface area contributed by atoms with Crippen molar-refractivity contribution in [2.45, 2.75) is 6.04 Å². The predicted octanol–water partition coefficient (Wildman–Crippen LogP) is 3.94. The van der Waals surface area contributed by atoms with Crippen LogP contribution in [0.4, 0.5) is 5.69 Å². The van der Waals surface area contributed by atoms with Gasteiger partial charge in [0.1, 0.15) is 17.5 Å². The number of carbonyl (C=O) groups is 3. The van der Waals surface area contributed by atoms with Crippen LogP contribution < -0.4 is 14.8 Å². The van der Waals surface area contributed by atoms with E-state index in [1.807, 2.05) is 6.07 Å². The molecule has 2 heterocycles. The Morgan fingerprint density at radius 2 is 1.72 bits per heavy atom. The van der Waals surface area contributed by atoms with Crippen molar-refractivity contribution in [1.29, 1.82) is 0 Å². The zero-order chi connectivity index (χ0) is 25.4. The zero-order valence-electron chi connectivity index (χ0n) is 19.8. The molecule has 2 aliphatic heterocycles. The lowest BCUT2D eigenvalue weighted by Gasteiger charge is -2.39. The van der Waals surface area contributed by atoms with Gasteiger partial charge < -0.3 is 24.6 Å². The number of nitrogens with one attached hydrogen (secondary N) is 1. The standard InChI is InChI=1S/C27H24ClN3O5/c1-35-19-7-3-16(4-8-19)26(33)30-11-12-31-23(15-30)25(32)29-22-9-5-17(13-21(22)27(31)34)20-14-18(28)6-10-24(20)36-2/h3-10,13-14,23H,11-12,15H2,1-2H3,(H,29,32). The lowest BCUT2D eigenvalue weighted by Crippen LogP contribution is -2.59. The molecule has 5 rings (SSSR count). The number of fused-ring (bicyclic) bond motifs is 2. The van der Waals surface area contributed by atoms with Crippen LogP contribution in [0, 0.1) is 0 Å². The third kappa shape index (κ3) is 4.24. The van der Waals surface area contributed by atoms with Gasteiger partial charge in [0.2, 0.25) is 5.91 Å². The van der Waals surface area contributed by atoms with Crippen LogP contribution in [0.25, 0.3) is 11.1 Å². The Balaban J connectivity index is 1.42. The van der Waals surface area contributed by atoms with Crippen molar-refractivity contribution < 1.29 is 23.9 Å². The molecule has 2 aliphatic rings. The van der Waals surface area contributed by atoms with E-state index in [0.717, 1.165) is 11.1 Å². The number of piperazine rings is 1. The summed E-state index contributed by atoms with van der Waals surface area (Å²) in [6.07, 6.45) is 0. The van der Waals surface area contributed by atoms with Crippen molar-refractivity contribution in [3.05, 3.63) is 76.8 Å². The first-order chi connectivity index (χ1) is 17.4. The number of nitrogens with zero attached hydrogens (tertiary/aromatic N) is 2. The van der Waals surface area contributed by atoms with Gasteiger partial charge in [0.05, 0.1) is 32.0 Å². The molecular weight excluding hydrogens is 482 g/mol. The zero-order valence-corrected chi connectivity index (χ0v) is 20.5. The summed E-state index contributed by atoms with van der Waals surface area (Å²) in [5.74, 6) is 0.468. The lowest BCUT2D eigenvalue weighted by atomic mass is 10.00. The van der Waals surface area contributed by atoms with Gasteiger partial charge in [-0.25, -0.2) is 0 Å². The first-order valence-electron chi connectivity index (χ1n) is 11.4. The number of ether oxygens (including phenoxy) is 2. The Morgan fingerprint density at radius 3 is 2.44 bits per heavy atom. The minimum atomic E-state index is -0.801. The number of amides is 3. The molecule has 0 radical (unpaired) electrons. The van der Waals surface area contributed by atoms with Gasteiger partial charge in [-0.1, -0.05) is 17.7 Å². The van der Waals surface area contributed by atoms with Crippen molar-refractivity contribution in [3.8, 4) is 22.6 Å². The molecule has 1 atom stereocenters. The normalized spacial score (nSPS) is 17.0. The minimum Gasteiger partial charge on any atom is -0.497 e. The average molecular weight is 506 g/mol. The topological polar surface area (TPSA) is 88.2 Å². The van der Waals surface area contributed by atoms with E-state index in [-0.39, 0.29) is 30.8 Å². The summed E-state index contributed by atoms with van der Waals surface area (Å²) in [6.45, 7) is 0.659. The van der Waals surface area contributed by atoms with E-state index >= 15 is 0 Å². The van der Waals surface area contributed by atoms with Crippen LogP contribution in [0.2, 0.25) is 5.02 Å². The molecular formula is C27H24ClN3O5. The third-order valence-electron chi connectivity index (χ3n) is 6.55. The third-order valence-corrected chi connectivity index (χ3v) is 6.78. The van der Waals surface area contributed by atoms with E-state index in [1.54, 1.807) is 73.7 Å². The maximum absolute atomic E-state index is 13.6. The number of hydrogen-bond acceptors (Lipinski definition) is 5. The number of hydrogen-bond donors (Lipinski definition) is 1. The molecule has 0 saturated carbocycles. The molecule has 1 fully saturated rings. The number of anilines is 1. The van der Waals surface area contributed by atoms with E-state index in [0.29, 0.717) is 39.9 Å². The quantitative estimate of drug-likeness (QED) is 0.580. The van der Waals surface area contributed by atoms with Gasteiger partial charge in [-0.3, -0.25) is 14.4 Å². The first kappa shape index (κ1) is 23.7. The second-order valence-corrected chi connectivity index (χ2v) is 9.02. The number of benzene rings is 3. The highest BCUT2D eigenvalue weighted by atomic mass is 35.5. The van der Waals surface area contributed by atoms with E-state index < -0.39 is 6.04 Å². The van der Waals surface area contributed by atoms with E-state index in [2.05, 4.69) is 5.32 Å².